The normalized spacial score (nSPS) is 14.0. The van der Waals surface area contributed by atoms with Crippen LogP contribution in [0.15, 0.2) is 23.2 Å². The van der Waals surface area contributed by atoms with Gasteiger partial charge < -0.3 is 30.2 Å². The van der Waals surface area contributed by atoms with Crippen LogP contribution in [0.5, 0.6) is 11.5 Å². The first-order valence-electron chi connectivity index (χ1n) is 10.3. The van der Waals surface area contributed by atoms with Crippen LogP contribution in [0.4, 0.5) is 0 Å². The van der Waals surface area contributed by atoms with Gasteiger partial charge in [0.2, 0.25) is 5.91 Å². The molecule has 1 saturated carbocycles. The number of benzene rings is 1. The summed E-state index contributed by atoms with van der Waals surface area (Å²) >= 11 is 0. The molecule has 0 bridgehead atoms. The standard InChI is InChI=1S/C21H34N4O4.HI/c1-4-22-21(25-15-20(26)23-11-12-27-2)24-14-16-9-10-18(28-3)13-19(16)29-17-7-5-6-8-17;/h9-10,13,17H,4-8,11-12,14-15H2,1-3H3,(H,23,26)(H2,22,24,25);1H. The number of nitrogens with zero attached hydrogens (tertiary/aromatic N) is 1. The summed E-state index contributed by atoms with van der Waals surface area (Å²) in [6.07, 6.45) is 4.85. The molecule has 3 N–H and O–H groups in total. The molecule has 0 radical (unpaired) electrons. The van der Waals surface area contributed by atoms with Crippen LogP contribution in [0.1, 0.15) is 38.2 Å². The zero-order valence-corrected chi connectivity index (χ0v) is 20.5. The Morgan fingerprint density at radius 3 is 2.60 bits per heavy atom. The van der Waals surface area contributed by atoms with E-state index in [1.807, 2.05) is 25.1 Å². The van der Waals surface area contributed by atoms with Crippen molar-refractivity contribution >= 4 is 35.8 Å². The van der Waals surface area contributed by atoms with Gasteiger partial charge >= 0.3 is 0 Å². The molecule has 1 fully saturated rings. The lowest BCUT2D eigenvalue weighted by Gasteiger charge is -2.17. The number of nitrogens with one attached hydrogen (secondary N) is 3. The average Bonchev–Trinajstić information content (AvgIpc) is 3.24. The smallest absolute Gasteiger partial charge is 0.239 e. The van der Waals surface area contributed by atoms with Crippen LogP contribution in [0, 0.1) is 0 Å². The molecule has 0 unspecified atom stereocenters. The maximum absolute atomic E-state index is 11.9. The van der Waals surface area contributed by atoms with Crippen molar-refractivity contribution in [3.63, 3.8) is 0 Å². The molecule has 8 nitrogen and oxygen atoms in total. The Morgan fingerprint density at radius 2 is 1.93 bits per heavy atom. The topological polar surface area (TPSA) is 93.2 Å². The molecule has 1 aliphatic rings. The fraction of sp³-hybridized carbons (Fsp3) is 0.619. The van der Waals surface area contributed by atoms with Gasteiger partial charge in [-0.1, -0.05) is 0 Å². The van der Waals surface area contributed by atoms with E-state index in [9.17, 15) is 4.79 Å². The number of rotatable bonds is 11. The van der Waals surface area contributed by atoms with Crippen molar-refractivity contribution in [2.45, 2.75) is 45.3 Å². The van der Waals surface area contributed by atoms with Crippen LogP contribution in [-0.4, -0.2) is 58.4 Å². The second-order valence-corrected chi connectivity index (χ2v) is 6.89. The third-order valence-electron chi connectivity index (χ3n) is 4.67. The number of amides is 1. The summed E-state index contributed by atoms with van der Waals surface area (Å²) in [7, 11) is 3.25. The maximum Gasteiger partial charge on any atom is 0.239 e. The van der Waals surface area contributed by atoms with E-state index in [1.54, 1.807) is 14.2 Å². The monoisotopic (exact) mass is 534 g/mol. The van der Waals surface area contributed by atoms with Crippen molar-refractivity contribution in [2.24, 2.45) is 4.99 Å². The van der Waals surface area contributed by atoms with Crippen molar-refractivity contribution in [3.05, 3.63) is 23.8 Å². The predicted octanol–water partition coefficient (Wildman–Crippen LogP) is 2.45. The lowest BCUT2D eigenvalue weighted by atomic mass is 10.2. The molecule has 0 saturated heterocycles. The number of ether oxygens (including phenoxy) is 3. The molecule has 0 aromatic heterocycles. The summed E-state index contributed by atoms with van der Waals surface area (Å²) in [5, 5.41) is 8.99. The molecule has 2 rings (SSSR count). The van der Waals surface area contributed by atoms with Gasteiger partial charge in [0, 0.05) is 31.8 Å². The molecule has 0 atom stereocenters. The second-order valence-electron chi connectivity index (χ2n) is 6.89. The quantitative estimate of drug-likeness (QED) is 0.175. The lowest BCUT2D eigenvalue weighted by molar-refractivity contribution is -0.120. The summed E-state index contributed by atoms with van der Waals surface area (Å²) in [6, 6.07) is 5.82. The summed E-state index contributed by atoms with van der Waals surface area (Å²) in [6.45, 7) is 4.23. The minimum absolute atomic E-state index is 0. The van der Waals surface area contributed by atoms with Gasteiger partial charge in [-0.2, -0.15) is 0 Å². The van der Waals surface area contributed by atoms with E-state index < -0.39 is 0 Å². The zero-order valence-electron chi connectivity index (χ0n) is 18.2. The van der Waals surface area contributed by atoms with Gasteiger partial charge in [-0.25, -0.2) is 4.99 Å². The van der Waals surface area contributed by atoms with Crippen LogP contribution < -0.4 is 25.4 Å². The van der Waals surface area contributed by atoms with E-state index in [4.69, 9.17) is 14.2 Å². The minimum Gasteiger partial charge on any atom is -0.497 e. The highest BCUT2D eigenvalue weighted by Crippen LogP contribution is 2.30. The molecule has 0 heterocycles. The number of carbonyl (C=O) groups is 1. The summed E-state index contributed by atoms with van der Waals surface area (Å²) in [5.74, 6) is 2.05. The van der Waals surface area contributed by atoms with Crippen molar-refractivity contribution in [1.29, 1.82) is 0 Å². The van der Waals surface area contributed by atoms with Gasteiger partial charge in [0.25, 0.3) is 0 Å². The van der Waals surface area contributed by atoms with E-state index >= 15 is 0 Å². The summed E-state index contributed by atoms with van der Waals surface area (Å²) in [5.41, 5.74) is 0.986. The first kappa shape index (κ1) is 26.3. The number of halogens is 1. The van der Waals surface area contributed by atoms with E-state index in [0.29, 0.717) is 32.2 Å². The third-order valence-corrected chi connectivity index (χ3v) is 4.67. The average molecular weight is 534 g/mol. The number of guanidine groups is 1. The molecule has 9 heteroatoms. The Hall–Kier alpha value is -1.75. The molecule has 0 spiro atoms. The Kier molecular flexibility index (Phi) is 13.2. The lowest BCUT2D eigenvalue weighted by Crippen LogP contribution is -2.43. The molecule has 0 aliphatic heterocycles. The fourth-order valence-electron chi connectivity index (χ4n) is 3.11. The summed E-state index contributed by atoms with van der Waals surface area (Å²) in [4.78, 5) is 16.5. The molecule has 30 heavy (non-hydrogen) atoms. The number of carbonyl (C=O) groups excluding carboxylic acids is 1. The minimum atomic E-state index is -0.109. The Morgan fingerprint density at radius 1 is 1.17 bits per heavy atom. The van der Waals surface area contributed by atoms with Crippen molar-refractivity contribution in [3.8, 4) is 11.5 Å². The highest BCUT2D eigenvalue weighted by molar-refractivity contribution is 14.0. The molecule has 1 aromatic rings. The molecular weight excluding hydrogens is 499 g/mol. The molecule has 1 aromatic carbocycles. The fourth-order valence-corrected chi connectivity index (χ4v) is 3.11. The Bertz CT molecular complexity index is 666. The molecule has 1 amide bonds. The van der Waals surface area contributed by atoms with Gasteiger partial charge in [-0.15, -0.1) is 24.0 Å². The number of hydrogen-bond acceptors (Lipinski definition) is 5. The largest absolute Gasteiger partial charge is 0.497 e. The number of aliphatic imine (C=N–C) groups is 1. The molecule has 170 valence electrons. The molecular formula is C21H35IN4O4. The second kappa shape index (κ2) is 15.1. The SMILES string of the molecule is CCNC(=NCc1ccc(OC)cc1OC1CCCC1)NCC(=O)NCCOC.I. The summed E-state index contributed by atoms with van der Waals surface area (Å²) < 4.78 is 16.5. The van der Waals surface area contributed by atoms with Crippen LogP contribution >= 0.6 is 24.0 Å². The maximum atomic E-state index is 11.9. The molecule has 1 aliphatic carbocycles. The van der Waals surface area contributed by atoms with Crippen LogP contribution in [0.2, 0.25) is 0 Å². The van der Waals surface area contributed by atoms with Crippen molar-refractivity contribution in [2.75, 3.05) is 40.5 Å². The van der Waals surface area contributed by atoms with Crippen LogP contribution in [0.25, 0.3) is 0 Å². The van der Waals surface area contributed by atoms with E-state index in [1.165, 1.54) is 12.8 Å². The zero-order chi connectivity index (χ0) is 20.9. The van der Waals surface area contributed by atoms with Gasteiger partial charge in [0.15, 0.2) is 5.96 Å². The number of hydrogen-bond donors (Lipinski definition) is 3. The van der Waals surface area contributed by atoms with E-state index in [-0.39, 0.29) is 42.5 Å². The predicted molar refractivity (Wildman–Crippen MR) is 129 cm³/mol. The Labute approximate surface area is 196 Å². The number of methoxy groups -OCH3 is 2. The van der Waals surface area contributed by atoms with Gasteiger partial charge in [0.1, 0.15) is 11.5 Å². The van der Waals surface area contributed by atoms with Gasteiger partial charge in [0.05, 0.1) is 32.9 Å². The first-order valence-corrected chi connectivity index (χ1v) is 10.3. The van der Waals surface area contributed by atoms with Crippen LogP contribution in [-0.2, 0) is 16.1 Å². The van der Waals surface area contributed by atoms with E-state index in [2.05, 4.69) is 20.9 Å². The van der Waals surface area contributed by atoms with Gasteiger partial charge in [-0.05, 0) is 44.7 Å². The highest BCUT2D eigenvalue weighted by atomic mass is 127. The third kappa shape index (κ3) is 9.38. The highest BCUT2D eigenvalue weighted by Gasteiger charge is 2.18. The Balaban J connectivity index is 0.00000450. The van der Waals surface area contributed by atoms with Crippen molar-refractivity contribution < 1.29 is 19.0 Å². The van der Waals surface area contributed by atoms with Crippen LogP contribution in [0.3, 0.4) is 0 Å². The van der Waals surface area contributed by atoms with E-state index in [0.717, 1.165) is 29.9 Å². The van der Waals surface area contributed by atoms with Crippen molar-refractivity contribution in [1.82, 2.24) is 16.0 Å². The first-order chi connectivity index (χ1) is 14.2. The van der Waals surface area contributed by atoms with Gasteiger partial charge in [-0.3, -0.25) is 4.79 Å².